The number of carbonyl (C=O) groups excluding carboxylic acids is 1. The Morgan fingerprint density at radius 2 is 2.10 bits per heavy atom. The quantitative estimate of drug-likeness (QED) is 0.929. The van der Waals surface area contributed by atoms with Gasteiger partial charge in [0, 0.05) is 30.7 Å². The van der Waals surface area contributed by atoms with Crippen LogP contribution in [0.3, 0.4) is 0 Å². The second kappa shape index (κ2) is 6.46. The molecule has 4 nitrogen and oxygen atoms in total. The predicted molar refractivity (Wildman–Crippen MR) is 80.5 cm³/mol. The lowest BCUT2D eigenvalue weighted by Gasteiger charge is -2.31. The summed E-state index contributed by atoms with van der Waals surface area (Å²) < 4.78 is 5.60. The highest BCUT2D eigenvalue weighted by atomic mass is 35.5. The molecule has 0 aromatic heterocycles. The van der Waals surface area contributed by atoms with Crippen molar-refractivity contribution >= 4 is 17.5 Å². The second-order valence-corrected chi connectivity index (χ2v) is 5.73. The van der Waals surface area contributed by atoms with Gasteiger partial charge >= 0.3 is 0 Å². The van der Waals surface area contributed by atoms with Gasteiger partial charge in [-0.2, -0.15) is 0 Å². The van der Waals surface area contributed by atoms with Crippen molar-refractivity contribution in [1.82, 2.24) is 10.2 Å². The Bertz CT molecular complexity index is 482. The zero-order chi connectivity index (χ0) is 14.7. The highest BCUT2D eigenvalue weighted by Gasteiger charge is 2.20. The van der Waals surface area contributed by atoms with Crippen molar-refractivity contribution in [3.8, 4) is 5.75 Å². The summed E-state index contributed by atoms with van der Waals surface area (Å²) in [5.74, 6) is 0.726. The third-order valence-electron chi connectivity index (χ3n) is 3.49. The Morgan fingerprint density at radius 1 is 1.45 bits per heavy atom. The molecule has 1 aromatic carbocycles. The van der Waals surface area contributed by atoms with Crippen LogP contribution in [0.1, 0.15) is 18.1 Å². The average molecular weight is 297 g/mol. The van der Waals surface area contributed by atoms with Crippen molar-refractivity contribution in [3.05, 3.63) is 28.3 Å². The SMILES string of the molecule is Cc1cc(OCC(=O)N2CCN[C@H](C)C2)cc(C)c1Cl. The average Bonchev–Trinajstić information content (AvgIpc) is 2.42. The molecule has 1 saturated heterocycles. The van der Waals surface area contributed by atoms with E-state index in [1.807, 2.05) is 30.9 Å². The maximum absolute atomic E-state index is 12.1. The van der Waals surface area contributed by atoms with Crippen molar-refractivity contribution < 1.29 is 9.53 Å². The van der Waals surface area contributed by atoms with E-state index in [2.05, 4.69) is 12.2 Å². The van der Waals surface area contributed by atoms with Gasteiger partial charge in [-0.15, -0.1) is 0 Å². The molecule has 5 heteroatoms. The van der Waals surface area contributed by atoms with E-state index in [0.717, 1.165) is 35.8 Å². The van der Waals surface area contributed by atoms with Crippen LogP contribution in [-0.4, -0.2) is 43.1 Å². The van der Waals surface area contributed by atoms with Crippen molar-refractivity contribution in [3.63, 3.8) is 0 Å². The highest BCUT2D eigenvalue weighted by molar-refractivity contribution is 6.32. The normalized spacial score (nSPS) is 19.0. The molecule has 110 valence electrons. The summed E-state index contributed by atoms with van der Waals surface area (Å²) in [5.41, 5.74) is 1.93. The number of piperazine rings is 1. The van der Waals surface area contributed by atoms with Gasteiger partial charge in [-0.25, -0.2) is 0 Å². The van der Waals surface area contributed by atoms with Crippen LogP contribution in [-0.2, 0) is 4.79 Å². The van der Waals surface area contributed by atoms with Gasteiger partial charge in [0.25, 0.3) is 5.91 Å². The number of benzene rings is 1. The second-order valence-electron chi connectivity index (χ2n) is 5.35. The lowest BCUT2D eigenvalue weighted by molar-refractivity contribution is -0.134. The van der Waals surface area contributed by atoms with Crippen LogP contribution < -0.4 is 10.1 Å². The molecule has 0 saturated carbocycles. The summed E-state index contributed by atoms with van der Waals surface area (Å²) in [6.45, 7) is 8.33. The number of nitrogens with zero attached hydrogens (tertiary/aromatic N) is 1. The van der Waals surface area contributed by atoms with E-state index in [1.54, 1.807) is 0 Å². The summed E-state index contributed by atoms with van der Waals surface area (Å²) >= 11 is 6.11. The number of nitrogens with one attached hydrogen (secondary N) is 1. The monoisotopic (exact) mass is 296 g/mol. The molecule has 1 aliphatic rings. The third-order valence-corrected chi connectivity index (χ3v) is 4.09. The Kier molecular flexibility index (Phi) is 4.89. The molecule has 1 atom stereocenters. The fraction of sp³-hybridized carbons (Fsp3) is 0.533. The summed E-state index contributed by atoms with van der Waals surface area (Å²) in [4.78, 5) is 13.9. The van der Waals surface area contributed by atoms with E-state index in [-0.39, 0.29) is 12.5 Å². The topological polar surface area (TPSA) is 41.6 Å². The van der Waals surface area contributed by atoms with E-state index in [0.29, 0.717) is 11.8 Å². The third kappa shape index (κ3) is 3.64. The molecule has 0 bridgehead atoms. The zero-order valence-electron chi connectivity index (χ0n) is 12.2. The largest absolute Gasteiger partial charge is 0.484 e. The molecule has 20 heavy (non-hydrogen) atoms. The van der Waals surface area contributed by atoms with E-state index < -0.39 is 0 Å². The van der Waals surface area contributed by atoms with Crippen LogP contribution in [0.15, 0.2) is 12.1 Å². The van der Waals surface area contributed by atoms with Gasteiger partial charge in [0.05, 0.1) is 0 Å². The van der Waals surface area contributed by atoms with Crippen molar-refractivity contribution in [2.75, 3.05) is 26.2 Å². The number of halogens is 1. The minimum Gasteiger partial charge on any atom is -0.484 e. The predicted octanol–water partition coefficient (Wildman–Crippen LogP) is 2.16. The van der Waals surface area contributed by atoms with Crippen molar-refractivity contribution in [2.24, 2.45) is 0 Å². The first-order valence-electron chi connectivity index (χ1n) is 6.88. The fourth-order valence-electron chi connectivity index (χ4n) is 2.38. The first kappa shape index (κ1) is 15.1. The lowest BCUT2D eigenvalue weighted by atomic mass is 10.1. The molecule has 0 spiro atoms. The van der Waals surface area contributed by atoms with Gasteiger partial charge in [0.1, 0.15) is 5.75 Å². The van der Waals surface area contributed by atoms with Gasteiger partial charge in [-0.05, 0) is 44.0 Å². The van der Waals surface area contributed by atoms with E-state index in [4.69, 9.17) is 16.3 Å². The maximum atomic E-state index is 12.1. The van der Waals surface area contributed by atoms with Crippen LogP contribution in [0, 0.1) is 13.8 Å². The molecule has 1 N–H and O–H groups in total. The number of ether oxygens (including phenoxy) is 1. The molecule has 1 amide bonds. The zero-order valence-corrected chi connectivity index (χ0v) is 13.0. The number of hydrogen-bond acceptors (Lipinski definition) is 3. The molecular formula is C15H21ClN2O2. The van der Waals surface area contributed by atoms with Crippen molar-refractivity contribution in [2.45, 2.75) is 26.8 Å². The van der Waals surface area contributed by atoms with E-state index in [9.17, 15) is 4.79 Å². The molecule has 1 aromatic rings. The van der Waals surface area contributed by atoms with Gasteiger partial charge in [0.2, 0.25) is 0 Å². The van der Waals surface area contributed by atoms with Crippen LogP contribution >= 0.6 is 11.6 Å². The van der Waals surface area contributed by atoms with Crippen LogP contribution in [0.5, 0.6) is 5.75 Å². The van der Waals surface area contributed by atoms with Crippen LogP contribution in [0.2, 0.25) is 5.02 Å². The minimum atomic E-state index is 0.0311. The minimum absolute atomic E-state index is 0.0311. The number of carbonyl (C=O) groups is 1. The number of rotatable bonds is 3. The Balaban J connectivity index is 1.93. The molecule has 0 unspecified atom stereocenters. The molecule has 0 aliphatic carbocycles. The molecule has 1 aliphatic heterocycles. The lowest BCUT2D eigenvalue weighted by Crippen LogP contribution is -2.52. The number of aryl methyl sites for hydroxylation is 2. The first-order chi connectivity index (χ1) is 9.47. The highest BCUT2D eigenvalue weighted by Crippen LogP contribution is 2.25. The molecule has 0 radical (unpaired) electrons. The fourth-order valence-corrected chi connectivity index (χ4v) is 2.49. The summed E-state index contributed by atoms with van der Waals surface area (Å²) in [7, 11) is 0. The number of amides is 1. The van der Waals surface area contributed by atoms with Gasteiger partial charge in [0.15, 0.2) is 6.61 Å². The van der Waals surface area contributed by atoms with Gasteiger partial charge in [-0.3, -0.25) is 4.79 Å². The van der Waals surface area contributed by atoms with Crippen molar-refractivity contribution in [1.29, 1.82) is 0 Å². The summed E-state index contributed by atoms with van der Waals surface area (Å²) in [6.07, 6.45) is 0. The maximum Gasteiger partial charge on any atom is 0.260 e. The molecule has 1 heterocycles. The number of hydrogen-bond donors (Lipinski definition) is 1. The van der Waals surface area contributed by atoms with Crippen LogP contribution in [0.25, 0.3) is 0 Å². The summed E-state index contributed by atoms with van der Waals surface area (Å²) in [6, 6.07) is 4.07. The van der Waals surface area contributed by atoms with E-state index >= 15 is 0 Å². The first-order valence-corrected chi connectivity index (χ1v) is 7.26. The summed E-state index contributed by atoms with van der Waals surface area (Å²) in [5, 5.41) is 4.06. The molecular weight excluding hydrogens is 276 g/mol. The Hall–Kier alpha value is -1.26. The van der Waals surface area contributed by atoms with Gasteiger partial charge < -0.3 is 15.0 Å². The smallest absolute Gasteiger partial charge is 0.260 e. The standard InChI is InChI=1S/C15H21ClN2O2/c1-10-6-13(7-11(2)15(10)16)20-9-14(19)18-5-4-17-12(3)8-18/h6-7,12,17H,4-5,8-9H2,1-3H3/t12-/m1/s1. The van der Waals surface area contributed by atoms with Gasteiger partial charge in [-0.1, -0.05) is 11.6 Å². The molecule has 1 fully saturated rings. The van der Waals surface area contributed by atoms with Crippen LogP contribution in [0.4, 0.5) is 0 Å². The Morgan fingerprint density at radius 3 is 2.70 bits per heavy atom. The van der Waals surface area contributed by atoms with E-state index in [1.165, 1.54) is 0 Å². The Labute approximate surface area is 125 Å². The molecule has 2 rings (SSSR count).